The van der Waals surface area contributed by atoms with Gasteiger partial charge in [-0.3, -0.25) is 9.59 Å². The Morgan fingerprint density at radius 3 is 2.41 bits per heavy atom. The van der Waals surface area contributed by atoms with E-state index in [1.165, 1.54) is 6.07 Å². The Morgan fingerprint density at radius 2 is 1.72 bits per heavy atom. The maximum absolute atomic E-state index is 12.9. The van der Waals surface area contributed by atoms with Crippen LogP contribution in [0.1, 0.15) is 41.8 Å². The molecule has 2 aromatic heterocycles. The topological polar surface area (TPSA) is 107 Å². The van der Waals surface area contributed by atoms with Gasteiger partial charge in [0.05, 0.1) is 7.11 Å². The van der Waals surface area contributed by atoms with Crippen LogP contribution in [-0.4, -0.2) is 29.6 Å². The zero-order valence-corrected chi connectivity index (χ0v) is 18.2. The van der Waals surface area contributed by atoms with Crippen molar-refractivity contribution >= 4 is 28.5 Å². The molecule has 8 nitrogen and oxygen atoms in total. The number of nitrogens with one attached hydrogen (secondary N) is 2. The first-order chi connectivity index (χ1) is 15.2. The highest BCUT2D eigenvalue weighted by Crippen LogP contribution is 2.32. The van der Waals surface area contributed by atoms with Crippen LogP contribution in [0.25, 0.3) is 22.3 Å². The Balaban J connectivity index is 1.63. The molecule has 8 heteroatoms. The van der Waals surface area contributed by atoms with E-state index in [4.69, 9.17) is 13.7 Å². The molecular weight excluding hydrogens is 410 g/mol. The normalized spacial score (nSPS) is 11.4. The summed E-state index contributed by atoms with van der Waals surface area (Å²) >= 11 is 0. The highest BCUT2D eigenvalue weighted by molar-refractivity contribution is 6.14. The summed E-state index contributed by atoms with van der Waals surface area (Å²) in [5.41, 5.74) is 1.11. The second kappa shape index (κ2) is 8.22. The highest BCUT2D eigenvalue weighted by atomic mass is 16.5. The summed E-state index contributed by atoms with van der Waals surface area (Å²) in [7, 11) is 1.58. The number of amides is 2. The maximum atomic E-state index is 12.9. The lowest BCUT2D eigenvalue weighted by Crippen LogP contribution is -2.40. The highest BCUT2D eigenvalue weighted by Gasteiger charge is 2.26. The Labute approximate surface area is 184 Å². The molecule has 164 valence electrons. The van der Waals surface area contributed by atoms with Crippen molar-refractivity contribution in [1.29, 1.82) is 0 Å². The molecule has 4 rings (SSSR count). The van der Waals surface area contributed by atoms with Crippen molar-refractivity contribution in [1.82, 2.24) is 10.5 Å². The molecule has 0 unspecified atom stereocenters. The van der Waals surface area contributed by atoms with Crippen LogP contribution in [0, 0.1) is 0 Å². The predicted octanol–water partition coefficient (Wildman–Crippen LogP) is 4.88. The van der Waals surface area contributed by atoms with Gasteiger partial charge in [0, 0.05) is 22.6 Å². The molecular formula is C24H23N3O5. The molecule has 0 aliphatic rings. The van der Waals surface area contributed by atoms with Gasteiger partial charge in [0.25, 0.3) is 11.8 Å². The Hall–Kier alpha value is -4.07. The van der Waals surface area contributed by atoms with Crippen LogP contribution in [0.15, 0.2) is 63.5 Å². The van der Waals surface area contributed by atoms with E-state index in [1.54, 1.807) is 55.6 Å². The lowest BCUT2D eigenvalue weighted by Gasteiger charge is -2.19. The second-order valence-corrected chi connectivity index (χ2v) is 8.27. The van der Waals surface area contributed by atoms with Gasteiger partial charge in [0.1, 0.15) is 17.0 Å². The smallest absolute Gasteiger partial charge is 0.289 e. The van der Waals surface area contributed by atoms with Crippen molar-refractivity contribution in [2.24, 2.45) is 0 Å². The number of carbonyl (C=O) groups excluding carboxylic acids is 2. The van der Waals surface area contributed by atoms with E-state index in [-0.39, 0.29) is 17.1 Å². The van der Waals surface area contributed by atoms with Gasteiger partial charge < -0.3 is 24.3 Å². The fourth-order valence-electron chi connectivity index (χ4n) is 3.18. The van der Waals surface area contributed by atoms with Crippen LogP contribution in [0.2, 0.25) is 0 Å². The summed E-state index contributed by atoms with van der Waals surface area (Å²) in [5.74, 6) is 0.209. The average molecular weight is 433 g/mol. The molecule has 2 amide bonds. The number of fused-ring (bicyclic) bond motifs is 1. The lowest BCUT2D eigenvalue weighted by atomic mass is 10.1. The van der Waals surface area contributed by atoms with Crippen LogP contribution in [0.3, 0.4) is 0 Å². The van der Waals surface area contributed by atoms with Gasteiger partial charge in [-0.1, -0.05) is 17.3 Å². The Kier molecular flexibility index (Phi) is 5.44. The molecule has 32 heavy (non-hydrogen) atoms. The number of furan rings is 1. The van der Waals surface area contributed by atoms with Crippen LogP contribution in [0.5, 0.6) is 5.75 Å². The van der Waals surface area contributed by atoms with E-state index < -0.39 is 17.4 Å². The Morgan fingerprint density at radius 1 is 1.00 bits per heavy atom. The minimum absolute atomic E-state index is 0.0216. The number of rotatable bonds is 5. The molecule has 0 saturated carbocycles. The summed E-state index contributed by atoms with van der Waals surface area (Å²) in [6, 6.07) is 15.8. The van der Waals surface area contributed by atoms with Crippen molar-refractivity contribution in [3.8, 4) is 17.1 Å². The molecule has 0 spiro atoms. The largest absolute Gasteiger partial charge is 0.497 e. The molecule has 0 radical (unpaired) electrons. The summed E-state index contributed by atoms with van der Waals surface area (Å²) in [4.78, 5) is 25.7. The second-order valence-electron chi connectivity index (χ2n) is 8.27. The minimum atomic E-state index is -0.523. The number of para-hydroxylation sites is 1. The fourth-order valence-corrected chi connectivity index (χ4v) is 3.18. The number of benzene rings is 2. The van der Waals surface area contributed by atoms with E-state index in [1.807, 2.05) is 20.8 Å². The molecule has 2 N–H and O–H groups in total. The zero-order chi connectivity index (χ0) is 22.9. The molecule has 2 heterocycles. The van der Waals surface area contributed by atoms with E-state index in [2.05, 4.69) is 15.8 Å². The third kappa shape index (κ3) is 4.34. The molecule has 0 aliphatic carbocycles. The number of hydrogen-bond donors (Lipinski definition) is 2. The standard InChI is InChI=1S/C24H23N3O5/c1-24(2,3)26-23(29)21-20(16-7-5-6-8-18(16)31-21)25-22(28)17-13-19(32-27-17)14-9-11-15(30-4)12-10-14/h5-13H,1-4H3,(H,25,28)(H,26,29). The van der Waals surface area contributed by atoms with E-state index >= 15 is 0 Å². The first-order valence-corrected chi connectivity index (χ1v) is 10.0. The number of aromatic nitrogens is 1. The summed E-state index contributed by atoms with van der Waals surface area (Å²) in [5, 5.41) is 10.1. The predicted molar refractivity (Wildman–Crippen MR) is 120 cm³/mol. The molecule has 0 aliphatic heterocycles. The van der Waals surface area contributed by atoms with Crippen molar-refractivity contribution in [2.75, 3.05) is 12.4 Å². The zero-order valence-electron chi connectivity index (χ0n) is 18.2. The molecule has 0 saturated heterocycles. The van der Waals surface area contributed by atoms with Crippen LogP contribution in [-0.2, 0) is 0 Å². The van der Waals surface area contributed by atoms with Crippen molar-refractivity contribution in [3.05, 3.63) is 66.1 Å². The first kappa shape index (κ1) is 21.2. The summed E-state index contributed by atoms with van der Waals surface area (Å²) in [6.07, 6.45) is 0. The summed E-state index contributed by atoms with van der Waals surface area (Å²) < 4.78 is 16.2. The minimum Gasteiger partial charge on any atom is -0.497 e. The molecule has 0 bridgehead atoms. The monoisotopic (exact) mass is 433 g/mol. The third-order valence-corrected chi connectivity index (χ3v) is 4.65. The van der Waals surface area contributed by atoms with E-state index in [9.17, 15) is 9.59 Å². The van der Waals surface area contributed by atoms with Crippen molar-refractivity contribution in [3.63, 3.8) is 0 Å². The molecule has 4 aromatic rings. The SMILES string of the molecule is COc1ccc(-c2cc(C(=O)Nc3c(C(=O)NC(C)(C)C)oc4ccccc34)no2)cc1. The fraction of sp³-hybridized carbons (Fsp3) is 0.208. The number of carbonyl (C=O) groups is 2. The van der Waals surface area contributed by atoms with Gasteiger partial charge in [-0.15, -0.1) is 0 Å². The first-order valence-electron chi connectivity index (χ1n) is 10.0. The molecule has 2 aromatic carbocycles. The number of methoxy groups -OCH3 is 1. The van der Waals surface area contributed by atoms with Gasteiger partial charge >= 0.3 is 0 Å². The summed E-state index contributed by atoms with van der Waals surface area (Å²) in [6.45, 7) is 5.59. The maximum Gasteiger partial charge on any atom is 0.289 e. The quantitative estimate of drug-likeness (QED) is 0.465. The third-order valence-electron chi connectivity index (χ3n) is 4.65. The van der Waals surface area contributed by atoms with Gasteiger partial charge in [0.2, 0.25) is 5.76 Å². The lowest BCUT2D eigenvalue weighted by molar-refractivity contribution is 0.0894. The average Bonchev–Trinajstić information content (AvgIpc) is 3.38. The number of anilines is 1. The van der Waals surface area contributed by atoms with Crippen LogP contribution < -0.4 is 15.4 Å². The van der Waals surface area contributed by atoms with E-state index in [0.717, 1.165) is 5.56 Å². The van der Waals surface area contributed by atoms with Crippen LogP contribution in [0.4, 0.5) is 5.69 Å². The van der Waals surface area contributed by atoms with Crippen LogP contribution >= 0.6 is 0 Å². The van der Waals surface area contributed by atoms with Gasteiger partial charge in [-0.2, -0.15) is 0 Å². The van der Waals surface area contributed by atoms with Gasteiger partial charge in [-0.05, 0) is 57.2 Å². The van der Waals surface area contributed by atoms with Crippen molar-refractivity contribution in [2.45, 2.75) is 26.3 Å². The van der Waals surface area contributed by atoms with E-state index in [0.29, 0.717) is 22.5 Å². The number of ether oxygens (including phenoxy) is 1. The number of hydrogen-bond acceptors (Lipinski definition) is 6. The van der Waals surface area contributed by atoms with Gasteiger partial charge in [-0.25, -0.2) is 0 Å². The molecule has 0 fully saturated rings. The van der Waals surface area contributed by atoms with Gasteiger partial charge in [0.15, 0.2) is 11.5 Å². The molecule has 0 atom stereocenters. The Bertz CT molecular complexity index is 1280. The van der Waals surface area contributed by atoms with Crippen molar-refractivity contribution < 1.29 is 23.3 Å². The number of nitrogens with zero attached hydrogens (tertiary/aromatic N) is 1.